The Kier molecular flexibility index (Phi) is 5.56. The Morgan fingerprint density at radius 3 is 2.31 bits per heavy atom. The van der Waals surface area contributed by atoms with Gasteiger partial charge in [0, 0.05) is 11.8 Å². The summed E-state index contributed by atoms with van der Waals surface area (Å²) in [5.74, 6) is -0.0854. The van der Waals surface area contributed by atoms with Gasteiger partial charge in [-0.15, -0.1) is 0 Å². The Morgan fingerprint density at radius 2 is 1.62 bits per heavy atom. The second-order valence-corrected chi connectivity index (χ2v) is 8.70. The van der Waals surface area contributed by atoms with Crippen molar-refractivity contribution in [2.45, 2.75) is 6.18 Å². The molecule has 3 heterocycles. The van der Waals surface area contributed by atoms with E-state index in [1.807, 2.05) is 0 Å². The zero-order chi connectivity index (χ0) is 27.3. The molecule has 11 heteroatoms. The minimum atomic E-state index is -4.45. The summed E-state index contributed by atoms with van der Waals surface area (Å²) in [7, 11) is 1.29. The standard InChI is InChI=1S/C28H18F3N5O3/c1-39-26(37)17-6-11-20(12-7-17)36-25-23(3-2-14-32-25)35(27(36)38)19-9-4-16(5-10-19)24-33-21-13-8-18(28(29,30)31)15-22(21)34-24/h2-15H,1H3,(H,33,34). The first-order valence-electron chi connectivity index (χ1n) is 11.7. The predicted octanol–water partition coefficient (Wildman–Crippen LogP) is 5.53. The summed E-state index contributed by atoms with van der Waals surface area (Å²) in [4.78, 5) is 37.2. The van der Waals surface area contributed by atoms with Gasteiger partial charge in [-0.2, -0.15) is 13.2 Å². The van der Waals surface area contributed by atoms with Crippen molar-refractivity contribution in [3.63, 3.8) is 0 Å². The van der Waals surface area contributed by atoms with E-state index in [9.17, 15) is 22.8 Å². The van der Waals surface area contributed by atoms with Crippen molar-refractivity contribution in [1.29, 1.82) is 0 Å². The Morgan fingerprint density at radius 1 is 0.923 bits per heavy atom. The molecule has 0 atom stereocenters. The van der Waals surface area contributed by atoms with Crippen LogP contribution in [0.25, 0.3) is 45.0 Å². The third-order valence-corrected chi connectivity index (χ3v) is 6.36. The topological polar surface area (TPSA) is 94.8 Å². The van der Waals surface area contributed by atoms with Crippen molar-refractivity contribution in [3.8, 4) is 22.8 Å². The van der Waals surface area contributed by atoms with Crippen molar-refractivity contribution in [2.24, 2.45) is 0 Å². The first kappa shape index (κ1) is 24.2. The molecular formula is C28H18F3N5O3. The number of hydrogen-bond acceptors (Lipinski definition) is 5. The molecule has 0 saturated heterocycles. The van der Waals surface area contributed by atoms with Gasteiger partial charge in [-0.25, -0.2) is 24.1 Å². The molecule has 3 aromatic carbocycles. The number of hydrogen-bond donors (Lipinski definition) is 1. The lowest BCUT2D eigenvalue weighted by atomic mass is 10.2. The molecule has 0 fully saturated rings. The van der Waals surface area contributed by atoms with Gasteiger partial charge >= 0.3 is 17.8 Å². The van der Waals surface area contributed by atoms with E-state index >= 15 is 0 Å². The average Bonchev–Trinajstić information content (AvgIpc) is 3.50. The number of aromatic amines is 1. The maximum absolute atomic E-state index is 13.6. The fourth-order valence-electron chi connectivity index (χ4n) is 4.47. The fourth-order valence-corrected chi connectivity index (χ4v) is 4.47. The number of methoxy groups -OCH3 is 1. The van der Waals surface area contributed by atoms with Crippen molar-refractivity contribution in [1.82, 2.24) is 24.1 Å². The van der Waals surface area contributed by atoms with Gasteiger partial charge in [0.1, 0.15) is 5.82 Å². The van der Waals surface area contributed by atoms with Crippen LogP contribution >= 0.6 is 0 Å². The molecule has 6 aromatic rings. The molecule has 0 radical (unpaired) electrons. The molecule has 0 aliphatic carbocycles. The highest BCUT2D eigenvalue weighted by Crippen LogP contribution is 2.32. The maximum Gasteiger partial charge on any atom is 0.416 e. The third-order valence-electron chi connectivity index (χ3n) is 6.36. The Labute approximate surface area is 217 Å². The summed E-state index contributed by atoms with van der Waals surface area (Å²) in [6, 6.07) is 20.2. The minimum Gasteiger partial charge on any atom is -0.465 e. The molecule has 0 aliphatic rings. The summed E-state index contributed by atoms with van der Waals surface area (Å²) >= 11 is 0. The molecule has 0 aliphatic heterocycles. The highest BCUT2D eigenvalue weighted by Gasteiger charge is 2.30. The number of alkyl halides is 3. The molecule has 0 unspecified atom stereocenters. The van der Waals surface area contributed by atoms with E-state index in [0.717, 1.165) is 12.1 Å². The number of carbonyl (C=O) groups is 1. The number of aromatic nitrogens is 5. The van der Waals surface area contributed by atoms with Crippen LogP contribution in [0.1, 0.15) is 15.9 Å². The van der Waals surface area contributed by atoms with Gasteiger partial charge in [0.15, 0.2) is 5.65 Å². The number of H-pyrrole nitrogens is 1. The van der Waals surface area contributed by atoms with Crippen LogP contribution in [0.15, 0.2) is 89.9 Å². The van der Waals surface area contributed by atoms with Crippen molar-refractivity contribution >= 4 is 28.2 Å². The van der Waals surface area contributed by atoms with Gasteiger partial charge < -0.3 is 9.72 Å². The molecule has 0 saturated carbocycles. The number of pyridine rings is 1. The van der Waals surface area contributed by atoms with Crippen molar-refractivity contribution < 1.29 is 22.7 Å². The van der Waals surface area contributed by atoms with Gasteiger partial charge in [-0.05, 0) is 78.9 Å². The van der Waals surface area contributed by atoms with Crippen LogP contribution in [0.5, 0.6) is 0 Å². The summed E-state index contributed by atoms with van der Waals surface area (Å²) in [5.41, 5.74) is 2.60. The lowest BCUT2D eigenvalue weighted by molar-refractivity contribution is -0.137. The number of esters is 1. The highest BCUT2D eigenvalue weighted by atomic mass is 19.4. The van der Waals surface area contributed by atoms with Crippen LogP contribution in [-0.2, 0) is 10.9 Å². The van der Waals surface area contributed by atoms with Gasteiger partial charge in [0.25, 0.3) is 0 Å². The van der Waals surface area contributed by atoms with Crippen molar-refractivity contribution in [3.05, 3.63) is 107 Å². The molecule has 3 aromatic heterocycles. The second kappa shape index (κ2) is 8.98. The summed E-state index contributed by atoms with van der Waals surface area (Å²) in [6.07, 6.45) is -2.87. The quantitative estimate of drug-likeness (QED) is 0.303. The van der Waals surface area contributed by atoms with E-state index in [1.54, 1.807) is 66.9 Å². The van der Waals surface area contributed by atoms with E-state index in [0.29, 0.717) is 45.0 Å². The number of carbonyl (C=O) groups excluding carboxylic acids is 1. The minimum absolute atomic E-state index is 0.271. The largest absolute Gasteiger partial charge is 0.465 e. The molecule has 39 heavy (non-hydrogen) atoms. The summed E-state index contributed by atoms with van der Waals surface area (Å²) in [6.45, 7) is 0. The third kappa shape index (κ3) is 4.13. The number of imidazole rings is 2. The molecule has 0 spiro atoms. The Balaban J connectivity index is 1.40. The summed E-state index contributed by atoms with van der Waals surface area (Å²) < 4.78 is 46.9. The normalized spacial score (nSPS) is 11.8. The summed E-state index contributed by atoms with van der Waals surface area (Å²) in [5, 5.41) is 0. The van der Waals surface area contributed by atoms with E-state index in [4.69, 9.17) is 4.74 Å². The van der Waals surface area contributed by atoms with Crippen LogP contribution in [-0.4, -0.2) is 37.2 Å². The van der Waals surface area contributed by atoms with Crippen LogP contribution in [0.2, 0.25) is 0 Å². The molecule has 194 valence electrons. The average molecular weight is 529 g/mol. The number of benzene rings is 3. The van der Waals surface area contributed by atoms with Crippen LogP contribution in [0, 0.1) is 0 Å². The highest BCUT2D eigenvalue weighted by molar-refractivity contribution is 5.89. The smallest absolute Gasteiger partial charge is 0.416 e. The number of halogens is 3. The zero-order valence-corrected chi connectivity index (χ0v) is 20.2. The van der Waals surface area contributed by atoms with E-state index in [1.165, 1.54) is 22.3 Å². The predicted molar refractivity (Wildman–Crippen MR) is 138 cm³/mol. The monoisotopic (exact) mass is 529 g/mol. The van der Waals surface area contributed by atoms with Gasteiger partial charge in [0.2, 0.25) is 0 Å². The number of nitrogens with zero attached hydrogens (tertiary/aromatic N) is 4. The van der Waals surface area contributed by atoms with Crippen LogP contribution in [0.4, 0.5) is 13.2 Å². The lowest BCUT2D eigenvalue weighted by Crippen LogP contribution is -2.22. The maximum atomic E-state index is 13.6. The molecular weight excluding hydrogens is 511 g/mol. The second-order valence-electron chi connectivity index (χ2n) is 8.70. The lowest BCUT2D eigenvalue weighted by Gasteiger charge is -2.05. The van der Waals surface area contributed by atoms with E-state index in [2.05, 4.69) is 15.0 Å². The number of nitrogens with one attached hydrogen (secondary N) is 1. The molecule has 1 N–H and O–H groups in total. The molecule has 0 amide bonds. The SMILES string of the molecule is COC(=O)c1ccc(-n2c(=O)n(-c3ccc(-c4nc5ccc(C(F)(F)F)cc5[nH]4)cc3)c3cccnc32)cc1. The van der Waals surface area contributed by atoms with Crippen LogP contribution < -0.4 is 5.69 Å². The van der Waals surface area contributed by atoms with Gasteiger partial charge in [-0.1, -0.05) is 0 Å². The van der Waals surface area contributed by atoms with E-state index < -0.39 is 17.7 Å². The molecule has 6 rings (SSSR count). The fraction of sp³-hybridized carbons (Fsp3) is 0.0714. The van der Waals surface area contributed by atoms with Crippen molar-refractivity contribution in [2.75, 3.05) is 7.11 Å². The Bertz CT molecular complexity index is 1920. The van der Waals surface area contributed by atoms with E-state index in [-0.39, 0.29) is 11.2 Å². The number of ether oxygens (including phenoxy) is 1. The number of rotatable bonds is 4. The zero-order valence-electron chi connectivity index (χ0n) is 20.2. The van der Waals surface area contributed by atoms with Gasteiger partial charge in [0.05, 0.1) is 46.2 Å². The molecule has 8 nitrogen and oxygen atoms in total. The first-order valence-corrected chi connectivity index (χ1v) is 11.7. The molecule has 0 bridgehead atoms. The first-order chi connectivity index (χ1) is 18.7. The van der Waals surface area contributed by atoms with Crippen LogP contribution in [0.3, 0.4) is 0 Å². The Hall–Kier alpha value is -5.19. The number of fused-ring (bicyclic) bond motifs is 2. The van der Waals surface area contributed by atoms with Gasteiger partial charge in [-0.3, -0.25) is 4.57 Å².